The first-order chi connectivity index (χ1) is 12.7. The highest BCUT2D eigenvalue weighted by atomic mass is 35.5. The van der Waals surface area contributed by atoms with Gasteiger partial charge in [0.1, 0.15) is 5.54 Å². The summed E-state index contributed by atoms with van der Waals surface area (Å²) in [7, 11) is 0. The van der Waals surface area contributed by atoms with Gasteiger partial charge < -0.3 is 5.32 Å². The van der Waals surface area contributed by atoms with E-state index >= 15 is 0 Å². The molecule has 0 aliphatic rings. The summed E-state index contributed by atoms with van der Waals surface area (Å²) in [4.78, 5) is 12.7. The number of aromatic nitrogens is 4. The fraction of sp³-hybridized carbons (Fsp3) is 0.278. The summed E-state index contributed by atoms with van der Waals surface area (Å²) in [5, 5.41) is 13.0. The lowest BCUT2D eigenvalue weighted by Gasteiger charge is -2.23. The number of halogens is 3. The van der Waals surface area contributed by atoms with Crippen LogP contribution in [0.15, 0.2) is 36.7 Å². The number of rotatable bonds is 5. The van der Waals surface area contributed by atoms with Crippen molar-refractivity contribution in [1.29, 1.82) is 0 Å². The molecule has 27 heavy (non-hydrogen) atoms. The SMILES string of the molecule is Cc1cc(NC(=O)C(C)(C)n2cc(Cl)cn2)nn1Cc1ccc(Cl)cc1Cl. The molecule has 3 aromatic rings. The molecule has 0 aliphatic heterocycles. The number of carbonyl (C=O) groups excluding carboxylic acids is 1. The first kappa shape index (κ1) is 19.7. The molecule has 1 amide bonds. The molecule has 0 atom stereocenters. The van der Waals surface area contributed by atoms with Gasteiger partial charge in [0.05, 0.1) is 17.8 Å². The minimum absolute atomic E-state index is 0.253. The summed E-state index contributed by atoms with van der Waals surface area (Å²) in [6.45, 7) is 5.88. The molecule has 0 bridgehead atoms. The van der Waals surface area contributed by atoms with Crippen LogP contribution < -0.4 is 5.32 Å². The Hall–Kier alpha value is -2.02. The van der Waals surface area contributed by atoms with Crippen LogP contribution in [0.2, 0.25) is 15.1 Å². The molecule has 0 spiro atoms. The van der Waals surface area contributed by atoms with Gasteiger partial charge in [-0.05, 0) is 38.5 Å². The number of aryl methyl sites for hydroxylation is 1. The molecule has 0 aliphatic carbocycles. The molecule has 0 saturated carbocycles. The largest absolute Gasteiger partial charge is 0.307 e. The van der Waals surface area contributed by atoms with Crippen LogP contribution in [0, 0.1) is 6.92 Å². The van der Waals surface area contributed by atoms with Gasteiger partial charge in [0.2, 0.25) is 0 Å². The van der Waals surface area contributed by atoms with E-state index < -0.39 is 5.54 Å². The Labute approximate surface area is 172 Å². The maximum Gasteiger partial charge on any atom is 0.252 e. The second-order valence-corrected chi connectivity index (χ2v) is 7.96. The lowest BCUT2D eigenvalue weighted by molar-refractivity contribution is -0.123. The molecule has 3 rings (SSSR count). The van der Waals surface area contributed by atoms with E-state index in [1.165, 1.54) is 10.9 Å². The van der Waals surface area contributed by atoms with Crippen molar-refractivity contribution in [1.82, 2.24) is 19.6 Å². The van der Waals surface area contributed by atoms with Crippen LogP contribution >= 0.6 is 34.8 Å². The Morgan fingerprint density at radius 1 is 1.19 bits per heavy atom. The first-order valence-electron chi connectivity index (χ1n) is 8.17. The fourth-order valence-corrected chi connectivity index (χ4v) is 3.13. The number of nitrogens with zero attached hydrogens (tertiary/aromatic N) is 4. The zero-order chi connectivity index (χ0) is 19.8. The number of carbonyl (C=O) groups is 1. The van der Waals surface area contributed by atoms with E-state index in [0.717, 1.165) is 11.3 Å². The fourth-order valence-electron chi connectivity index (χ4n) is 2.52. The predicted octanol–water partition coefficient (Wildman–Crippen LogP) is 4.77. The third kappa shape index (κ3) is 4.29. The second kappa shape index (κ2) is 7.54. The van der Waals surface area contributed by atoms with Crippen LogP contribution in [0.25, 0.3) is 0 Å². The van der Waals surface area contributed by atoms with Crippen LogP contribution in [0.4, 0.5) is 5.82 Å². The van der Waals surface area contributed by atoms with Crippen molar-refractivity contribution in [2.24, 2.45) is 0 Å². The van der Waals surface area contributed by atoms with E-state index in [9.17, 15) is 4.79 Å². The average Bonchev–Trinajstić information content (AvgIpc) is 3.16. The van der Waals surface area contributed by atoms with Gasteiger partial charge in [0.25, 0.3) is 5.91 Å². The average molecular weight is 427 g/mol. The van der Waals surface area contributed by atoms with Gasteiger partial charge in [0.15, 0.2) is 5.82 Å². The van der Waals surface area contributed by atoms with Gasteiger partial charge in [0, 0.05) is 28.0 Å². The Kier molecular flexibility index (Phi) is 5.51. The molecule has 2 heterocycles. The van der Waals surface area contributed by atoms with Crippen molar-refractivity contribution in [3.63, 3.8) is 0 Å². The van der Waals surface area contributed by atoms with E-state index in [1.807, 2.05) is 13.0 Å². The Morgan fingerprint density at radius 3 is 2.56 bits per heavy atom. The highest BCUT2D eigenvalue weighted by Crippen LogP contribution is 2.23. The van der Waals surface area contributed by atoms with Crippen molar-refractivity contribution in [2.45, 2.75) is 32.9 Å². The van der Waals surface area contributed by atoms with E-state index in [0.29, 0.717) is 27.4 Å². The lowest BCUT2D eigenvalue weighted by Crippen LogP contribution is -2.40. The minimum atomic E-state index is -0.926. The van der Waals surface area contributed by atoms with E-state index in [2.05, 4.69) is 15.5 Å². The van der Waals surface area contributed by atoms with E-state index in [1.54, 1.807) is 42.9 Å². The van der Waals surface area contributed by atoms with Gasteiger partial charge in [-0.15, -0.1) is 0 Å². The van der Waals surface area contributed by atoms with Gasteiger partial charge in [-0.3, -0.25) is 14.2 Å². The summed E-state index contributed by atoms with van der Waals surface area (Å²) in [6, 6.07) is 7.13. The van der Waals surface area contributed by atoms with Crippen molar-refractivity contribution >= 4 is 46.5 Å². The molecule has 0 unspecified atom stereocenters. The molecular formula is C18H18Cl3N5O. The van der Waals surface area contributed by atoms with Crippen LogP contribution in [-0.4, -0.2) is 25.5 Å². The van der Waals surface area contributed by atoms with E-state index in [-0.39, 0.29) is 5.91 Å². The summed E-state index contributed by atoms with van der Waals surface area (Å²) in [5.74, 6) is 0.199. The first-order valence-corrected chi connectivity index (χ1v) is 9.30. The Morgan fingerprint density at radius 2 is 1.93 bits per heavy atom. The monoisotopic (exact) mass is 425 g/mol. The molecule has 0 saturated heterocycles. The molecule has 1 N–H and O–H groups in total. The predicted molar refractivity (Wildman–Crippen MR) is 108 cm³/mol. The van der Waals surface area contributed by atoms with Crippen molar-refractivity contribution in [2.75, 3.05) is 5.32 Å². The summed E-state index contributed by atoms with van der Waals surface area (Å²) >= 11 is 18.1. The number of hydrogen-bond acceptors (Lipinski definition) is 3. The molecule has 2 aromatic heterocycles. The zero-order valence-electron chi connectivity index (χ0n) is 15.0. The van der Waals surface area contributed by atoms with Crippen LogP contribution in [0.3, 0.4) is 0 Å². The third-order valence-electron chi connectivity index (χ3n) is 4.24. The van der Waals surface area contributed by atoms with Gasteiger partial charge in [-0.2, -0.15) is 10.2 Å². The number of anilines is 1. The maximum atomic E-state index is 12.7. The summed E-state index contributed by atoms with van der Waals surface area (Å²) < 4.78 is 3.28. The van der Waals surface area contributed by atoms with Crippen molar-refractivity contribution < 1.29 is 4.79 Å². The van der Waals surface area contributed by atoms with Gasteiger partial charge in [-0.25, -0.2) is 0 Å². The van der Waals surface area contributed by atoms with Gasteiger partial charge >= 0.3 is 0 Å². The number of nitrogens with one attached hydrogen (secondary N) is 1. The number of amides is 1. The van der Waals surface area contributed by atoms with Crippen LogP contribution in [0.5, 0.6) is 0 Å². The zero-order valence-corrected chi connectivity index (χ0v) is 17.3. The molecule has 0 radical (unpaired) electrons. The number of benzene rings is 1. The summed E-state index contributed by atoms with van der Waals surface area (Å²) in [6.07, 6.45) is 3.10. The lowest BCUT2D eigenvalue weighted by atomic mass is 10.1. The molecule has 1 aromatic carbocycles. The smallest absolute Gasteiger partial charge is 0.252 e. The van der Waals surface area contributed by atoms with Crippen LogP contribution in [-0.2, 0) is 16.9 Å². The topological polar surface area (TPSA) is 64.7 Å². The maximum absolute atomic E-state index is 12.7. The van der Waals surface area contributed by atoms with Crippen LogP contribution in [0.1, 0.15) is 25.1 Å². The third-order valence-corrected chi connectivity index (χ3v) is 5.02. The molecule has 0 fully saturated rings. The Bertz CT molecular complexity index is 993. The van der Waals surface area contributed by atoms with Gasteiger partial charge in [-0.1, -0.05) is 40.9 Å². The minimum Gasteiger partial charge on any atom is -0.307 e. The highest BCUT2D eigenvalue weighted by Gasteiger charge is 2.31. The highest BCUT2D eigenvalue weighted by molar-refractivity contribution is 6.35. The normalized spacial score (nSPS) is 11.6. The van der Waals surface area contributed by atoms with Crippen molar-refractivity contribution in [3.05, 3.63) is 63.0 Å². The Balaban J connectivity index is 1.77. The molecule has 9 heteroatoms. The van der Waals surface area contributed by atoms with Crippen molar-refractivity contribution in [3.8, 4) is 0 Å². The second-order valence-electron chi connectivity index (χ2n) is 6.68. The molecule has 6 nitrogen and oxygen atoms in total. The summed E-state index contributed by atoms with van der Waals surface area (Å²) in [5.41, 5.74) is 0.845. The van der Waals surface area contributed by atoms with E-state index in [4.69, 9.17) is 34.8 Å². The molecular weight excluding hydrogens is 409 g/mol. The quantitative estimate of drug-likeness (QED) is 0.639. The standard InChI is InChI=1S/C18H18Cl3N5O/c1-11-6-16(23-17(27)18(2,3)26-10-14(20)8-22-26)24-25(11)9-12-4-5-13(19)7-15(12)21/h4-8,10H,9H2,1-3H3,(H,23,24,27). The number of hydrogen-bond donors (Lipinski definition) is 1. The molecule has 142 valence electrons.